The highest BCUT2D eigenvalue weighted by Gasteiger charge is 2.45. The van der Waals surface area contributed by atoms with Crippen molar-refractivity contribution in [3.8, 4) is 0 Å². The number of rotatable bonds is 4. The first-order valence-corrected chi connectivity index (χ1v) is 7.91. The van der Waals surface area contributed by atoms with Crippen molar-refractivity contribution >= 4 is 11.3 Å². The lowest BCUT2D eigenvalue weighted by Gasteiger charge is -2.20. The second kappa shape index (κ2) is 4.72. The van der Waals surface area contributed by atoms with E-state index in [9.17, 15) is 0 Å². The Morgan fingerprint density at radius 2 is 2.05 bits per heavy atom. The molecule has 114 valence electrons. The monoisotopic (exact) mass is 286 g/mol. The highest BCUT2D eigenvalue weighted by Crippen LogP contribution is 2.51. The fourth-order valence-corrected chi connectivity index (χ4v) is 2.80. The molecule has 2 aromatic rings. The van der Waals surface area contributed by atoms with Crippen LogP contribution in [-0.2, 0) is 5.41 Å². The van der Waals surface area contributed by atoms with Crippen molar-refractivity contribution in [1.82, 2.24) is 14.6 Å². The van der Waals surface area contributed by atoms with E-state index in [2.05, 4.69) is 56.1 Å². The molecule has 0 unspecified atom stereocenters. The molecule has 1 aliphatic rings. The molecule has 0 saturated heterocycles. The Kier molecular flexibility index (Phi) is 3.23. The van der Waals surface area contributed by atoms with Gasteiger partial charge in [-0.2, -0.15) is 5.10 Å². The lowest BCUT2D eigenvalue weighted by atomic mass is 9.92. The van der Waals surface area contributed by atoms with Crippen LogP contribution in [-0.4, -0.2) is 21.1 Å². The SMILES string of the molecule is CC(C)C1(CNc2nccn3nc(C(C)(C)C)cc23)CC1. The summed E-state index contributed by atoms with van der Waals surface area (Å²) in [6.45, 7) is 12.2. The quantitative estimate of drug-likeness (QED) is 0.927. The number of aromatic nitrogens is 3. The van der Waals surface area contributed by atoms with Gasteiger partial charge in [-0.15, -0.1) is 0 Å². The first-order valence-electron chi connectivity index (χ1n) is 7.91. The van der Waals surface area contributed by atoms with Crippen LogP contribution in [0.25, 0.3) is 5.52 Å². The number of hydrogen-bond acceptors (Lipinski definition) is 3. The largest absolute Gasteiger partial charge is 0.368 e. The van der Waals surface area contributed by atoms with Gasteiger partial charge in [0.15, 0.2) is 5.82 Å². The van der Waals surface area contributed by atoms with Crippen molar-refractivity contribution in [3.63, 3.8) is 0 Å². The van der Waals surface area contributed by atoms with Gasteiger partial charge in [-0.05, 0) is 30.2 Å². The first-order chi connectivity index (χ1) is 9.82. The summed E-state index contributed by atoms with van der Waals surface area (Å²) >= 11 is 0. The van der Waals surface area contributed by atoms with Crippen LogP contribution >= 0.6 is 0 Å². The maximum atomic E-state index is 4.68. The molecule has 4 nitrogen and oxygen atoms in total. The van der Waals surface area contributed by atoms with E-state index < -0.39 is 0 Å². The molecule has 0 spiro atoms. The van der Waals surface area contributed by atoms with Gasteiger partial charge in [-0.1, -0.05) is 34.6 Å². The third-order valence-electron chi connectivity index (χ3n) is 4.88. The van der Waals surface area contributed by atoms with Gasteiger partial charge in [0.25, 0.3) is 0 Å². The minimum atomic E-state index is 0.0545. The first kappa shape index (κ1) is 14.4. The van der Waals surface area contributed by atoms with Crippen LogP contribution in [0.5, 0.6) is 0 Å². The van der Waals surface area contributed by atoms with Crippen LogP contribution in [0.4, 0.5) is 5.82 Å². The maximum absolute atomic E-state index is 4.68. The highest BCUT2D eigenvalue weighted by atomic mass is 15.2. The van der Waals surface area contributed by atoms with Crippen LogP contribution in [0, 0.1) is 11.3 Å². The van der Waals surface area contributed by atoms with E-state index in [4.69, 9.17) is 0 Å². The predicted octanol–water partition coefficient (Wildman–Crippen LogP) is 3.87. The molecule has 4 heteroatoms. The van der Waals surface area contributed by atoms with E-state index in [0.717, 1.165) is 29.5 Å². The zero-order valence-electron chi connectivity index (χ0n) is 13.8. The summed E-state index contributed by atoms with van der Waals surface area (Å²) in [5, 5.41) is 8.24. The van der Waals surface area contributed by atoms with E-state index in [-0.39, 0.29) is 5.41 Å². The van der Waals surface area contributed by atoms with E-state index >= 15 is 0 Å². The zero-order chi connectivity index (χ0) is 15.3. The highest BCUT2D eigenvalue weighted by molar-refractivity contribution is 5.68. The third kappa shape index (κ3) is 2.63. The van der Waals surface area contributed by atoms with Crippen LogP contribution in [0.2, 0.25) is 0 Å². The fourth-order valence-electron chi connectivity index (χ4n) is 2.80. The summed E-state index contributed by atoms with van der Waals surface area (Å²) in [5.41, 5.74) is 2.70. The number of anilines is 1. The van der Waals surface area contributed by atoms with Crippen molar-refractivity contribution in [2.45, 2.75) is 52.9 Å². The van der Waals surface area contributed by atoms with Crippen molar-refractivity contribution in [1.29, 1.82) is 0 Å². The Balaban J connectivity index is 1.87. The second-order valence-corrected chi connectivity index (χ2v) is 7.76. The maximum Gasteiger partial charge on any atom is 0.152 e. The Morgan fingerprint density at radius 1 is 1.33 bits per heavy atom. The Morgan fingerprint density at radius 3 is 2.62 bits per heavy atom. The molecule has 0 bridgehead atoms. The van der Waals surface area contributed by atoms with Gasteiger partial charge in [0.1, 0.15) is 5.52 Å². The van der Waals surface area contributed by atoms with Crippen molar-refractivity contribution in [2.75, 3.05) is 11.9 Å². The van der Waals surface area contributed by atoms with Gasteiger partial charge < -0.3 is 5.32 Å². The van der Waals surface area contributed by atoms with Gasteiger partial charge in [-0.25, -0.2) is 9.50 Å². The van der Waals surface area contributed by atoms with Crippen molar-refractivity contribution in [3.05, 3.63) is 24.2 Å². The normalized spacial score (nSPS) is 17.4. The van der Waals surface area contributed by atoms with Crippen LogP contribution < -0.4 is 5.32 Å². The van der Waals surface area contributed by atoms with Crippen LogP contribution in [0.1, 0.15) is 53.2 Å². The summed E-state index contributed by atoms with van der Waals surface area (Å²) in [7, 11) is 0. The van der Waals surface area contributed by atoms with E-state index in [1.54, 1.807) is 0 Å². The van der Waals surface area contributed by atoms with Gasteiger partial charge in [0.05, 0.1) is 5.69 Å². The lowest BCUT2D eigenvalue weighted by Crippen LogP contribution is -2.21. The summed E-state index contributed by atoms with van der Waals surface area (Å²) in [6, 6.07) is 2.16. The van der Waals surface area contributed by atoms with Crippen molar-refractivity contribution in [2.24, 2.45) is 11.3 Å². The summed E-state index contributed by atoms with van der Waals surface area (Å²) in [4.78, 5) is 4.52. The Labute approximate surface area is 127 Å². The van der Waals surface area contributed by atoms with Gasteiger partial charge in [0, 0.05) is 24.4 Å². The smallest absolute Gasteiger partial charge is 0.152 e. The van der Waals surface area contributed by atoms with E-state index in [0.29, 0.717) is 5.41 Å². The zero-order valence-corrected chi connectivity index (χ0v) is 13.8. The van der Waals surface area contributed by atoms with E-state index in [1.807, 2.05) is 16.9 Å². The summed E-state index contributed by atoms with van der Waals surface area (Å²) in [5.74, 6) is 1.67. The predicted molar refractivity (Wildman–Crippen MR) is 86.7 cm³/mol. The molecule has 1 aliphatic carbocycles. The molecule has 21 heavy (non-hydrogen) atoms. The number of nitrogens with zero attached hydrogens (tertiary/aromatic N) is 3. The number of hydrogen-bond donors (Lipinski definition) is 1. The number of nitrogens with one attached hydrogen (secondary N) is 1. The molecule has 2 heterocycles. The molecule has 1 N–H and O–H groups in total. The molecular weight excluding hydrogens is 260 g/mol. The van der Waals surface area contributed by atoms with Crippen molar-refractivity contribution < 1.29 is 0 Å². The molecule has 0 atom stereocenters. The minimum Gasteiger partial charge on any atom is -0.368 e. The summed E-state index contributed by atoms with van der Waals surface area (Å²) in [6.07, 6.45) is 6.40. The molecule has 0 radical (unpaired) electrons. The Hall–Kier alpha value is -1.58. The van der Waals surface area contributed by atoms with Crippen LogP contribution in [0.15, 0.2) is 18.5 Å². The van der Waals surface area contributed by atoms with Crippen LogP contribution in [0.3, 0.4) is 0 Å². The second-order valence-electron chi connectivity index (χ2n) is 7.76. The molecule has 0 aromatic carbocycles. The average Bonchev–Trinajstić information content (AvgIpc) is 3.05. The minimum absolute atomic E-state index is 0.0545. The number of fused-ring (bicyclic) bond motifs is 1. The standard InChI is InChI=1S/C17H26N4/c1-12(2)17(6-7-17)11-19-15-13-10-14(16(3,4)5)20-21(13)9-8-18-15/h8-10,12H,6-7,11H2,1-5H3,(H,18,19). The lowest BCUT2D eigenvalue weighted by molar-refractivity contribution is 0.380. The topological polar surface area (TPSA) is 42.2 Å². The van der Waals surface area contributed by atoms with Gasteiger partial charge in [0.2, 0.25) is 0 Å². The van der Waals surface area contributed by atoms with Gasteiger partial charge in [-0.3, -0.25) is 0 Å². The van der Waals surface area contributed by atoms with E-state index in [1.165, 1.54) is 12.8 Å². The average molecular weight is 286 g/mol. The molecule has 2 aromatic heterocycles. The molecule has 1 saturated carbocycles. The molecular formula is C17H26N4. The Bertz CT molecular complexity index is 644. The van der Waals surface area contributed by atoms with Gasteiger partial charge >= 0.3 is 0 Å². The molecule has 0 aliphatic heterocycles. The molecule has 0 amide bonds. The summed E-state index contributed by atoms with van der Waals surface area (Å²) < 4.78 is 1.94. The third-order valence-corrected chi connectivity index (χ3v) is 4.88. The fraction of sp³-hybridized carbons (Fsp3) is 0.647. The molecule has 3 rings (SSSR count). The molecule has 1 fully saturated rings.